The highest BCUT2D eigenvalue weighted by Gasteiger charge is 2.34. The Kier molecular flexibility index (Phi) is 8.76. The molecule has 0 saturated carbocycles. The normalized spacial score (nSPS) is 20.7. The summed E-state index contributed by atoms with van der Waals surface area (Å²) in [7, 11) is 3.64. The minimum absolute atomic E-state index is 0.0177. The first-order valence-electron chi connectivity index (χ1n) is 11.1. The van der Waals surface area contributed by atoms with Crippen molar-refractivity contribution in [2.45, 2.75) is 64.6 Å². The van der Waals surface area contributed by atoms with Gasteiger partial charge in [0.1, 0.15) is 5.60 Å². The third kappa shape index (κ3) is 7.34. The molecule has 172 valence electrons. The van der Waals surface area contributed by atoms with E-state index in [0.717, 1.165) is 44.9 Å². The molecule has 9 nitrogen and oxygen atoms in total. The summed E-state index contributed by atoms with van der Waals surface area (Å²) in [4.78, 5) is 34.7. The molecule has 0 aromatic heterocycles. The van der Waals surface area contributed by atoms with Crippen molar-refractivity contribution in [2.75, 3.05) is 53.4 Å². The Bertz CT molecular complexity index is 610. The van der Waals surface area contributed by atoms with Gasteiger partial charge in [-0.3, -0.25) is 14.7 Å². The molecule has 2 aliphatic heterocycles. The van der Waals surface area contributed by atoms with Gasteiger partial charge in [-0.15, -0.1) is 0 Å². The van der Waals surface area contributed by atoms with Gasteiger partial charge in [0.15, 0.2) is 5.96 Å². The number of guanidine groups is 1. The summed E-state index contributed by atoms with van der Waals surface area (Å²) < 4.78 is 5.39. The number of hydrogen-bond acceptors (Lipinski definition) is 5. The molecule has 2 heterocycles. The third-order valence-electron chi connectivity index (χ3n) is 5.18. The second kappa shape index (κ2) is 10.8. The number of carbonyl (C=O) groups excluding carboxylic acids is 2. The van der Waals surface area contributed by atoms with Crippen LogP contribution in [0.1, 0.15) is 47.0 Å². The molecule has 0 radical (unpaired) electrons. The fourth-order valence-corrected chi connectivity index (χ4v) is 3.69. The monoisotopic (exact) mass is 424 g/mol. The molecular weight excluding hydrogens is 384 g/mol. The van der Waals surface area contributed by atoms with Crippen LogP contribution in [-0.2, 0) is 9.53 Å². The van der Waals surface area contributed by atoms with Crippen LogP contribution in [0.5, 0.6) is 0 Å². The van der Waals surface area contributed by atoms with E-state index in [9.17, 15) is 9.59 Å². The van der Waals surface area contributed by atoms with E-state index in [1.165, 1.54) is 0 Å². The van der Waals surface area contributed by atoms with E-state index >= 15 is 0 Å². The summed E-state index contributed by atoms with van der Waals surface area (Å²) in [5, 5.41) is 6.65. The highest BCUT2D eigenvalue weighted by molar-refractivity contribution is 5.82. The molecule has 2 saturated heterocycles. The van der Waals surface area contributed by atoms with Crippen LogP contribution in [0, 0.1) is 0 Å². The Labute approximate surface area is 181 Å². The van der Waals surface area contributed by atoms with Crippen molar-refractivity contribution in [1.29, 1.82) is 0 Å². The van der Waals surface area contributed by atoms with Crippen molar-refractivity contribution in [3.8, 4) is 0 Å². The highest BCUT2D eigenvalue weighted by Crippen LogP contribution is 2.19. The zero-order chi connectivity index (χ0) is 22.3. The zero-order valence-electron chi connectivity index (χ0n) is 19.5. The van der Waals surface area contributed by atoms with E-state index < -0.39 is 5.60 Å². The number of amides is 2. The van der Waals surface area contributed by atoms with Crippen LogP contribution in [0.25, 0.3) is 0 Å². The van der Waals surface area contributed by atoms with E-state index in [0.29, 0.717) is 19.6 Å². The lowest BCUT2D eigenvalue weighted by Crippen LogP contribution is -2.63. The molecule has 2 rings (SSSR count). The van der Waals surface area contributed by atoms with E-state index in [1.54, 1.807) is 9.80 Å². The summed E-state index contributed by atoms with van der Waals surface area (Å²) in [5.74, 6) is 0.971. The highest BCUT2D eigenvalue weighted by atomic mass is 16.6. The lowest BCUT2D eigenvalue weighted by atomic mass is 10.1. The first-order valence-corrected chi connectivity index (χ1v) is 11.1. The number of ether oxygens (including phenoxy) is 1. The SMILES string of the molecule is CCNC(=NCCCN1CCCC1C(=O)N(C)C)NC1CN(C(=O)OC(C)(C)C)C1. The maximum absolute atomic E-state index is 12.3. The van der Waals surface area contributed by atoms with Gasteiger partial charge in [-0.2, -0.15) is 0 Å². The van der Waals surface area contributed by atoms with Crippen molar-refractivity contribution >= 4 is 18.0 Å². The van der Waals surface area contributed by atoms with Gasteiger partial charge in [0.2, 0.25) is 5.91 Å². The molecule has 9 heteroatoms. The predicted octanol–water partition coefficient (Wildman–Crippen LogP) is 1.10. The van der Waals surface area contributed by atoms with Crippen molar-refractivity contribution < 1.29 is 14.3 Å². The first-order chi connectivity index (χ1) is 14.1. The van der Waals surface area contributed by atoms with Crippen LogP contribution in [0.2, 0.25) is 0 Å². The quantitative estimate of drug-likeness (QED) is 0.361. The van der Waals surface area contributed by atoms with Gasteiger partial charge in [0, 0.05) is 46.8 Å². The van der Waals surface area contributed by atoms with Crippen molar-refractivity contribution in [1.82, 2.24) is 25.3 Å². The van der Waals surface area contributed by atoms with E-state index in [2.05, 4.69) is 20.5 Å². The molecule has 0 bridgehead atoms. The Hall–Kier alpha value is -2.03. The Morgan fingerprint density at radius 2 is 1.93 bits per heavy atom. The largest absolute Gasteiger partial charge is 0.444 e. The lowest BCUT2D eigenvalue weighted by Gasteiger charge is -2.40. The average molecular weight is 425 g/mol. The van der Waals surface area contributed by atoms with Gasteiger partial charge in [0.25, 0.3) is 0 Å². The standard InChI is InChI=1S/C21H40N6O3/c1-7-22-19(24-16-14-27(15-16)20(29)30-21(2,3)4)23-11-9-13-26-12-8-10-17(26)18(28)25(5)6/h16-17H,7-15H2,1-6H3,(H2,22,23,24). The van der Waals surface area contributed by atoms with Crippen LogP contribution in [0.15, 0.2) is 4.99 Å². The summed E-state index contributed by atoms with van der Waals surface area (Å²) in [6.07, 6.45) is 2.66. The molecule has 0 aliphatic carbocycles. The van der Waals surface area contributed by atoms with Crippen LogP contribution >= 0.6 is 0 Å². The maximum Gasteiger partial charge on any atom is 0.410 e. The van der Waals surface area contributed by atoms with Gasteiger partial charge in [-0.1, -0.05) is 0 Å². The number of nitrogens with one attached hydrogen (secondary N) is 2. The van der Waals surface area contributed by atoms with E-state index in [-0.39, 0.29) is 24.1 Å². The lowest BCUT2D eigenvalue weighted by molar-refractivity contribution is -0.133. The number of aliphatic imine (C=N–C) groups is 1. The molecule has 2 N–H and O–H groups in total. The van der Waals surface area contributed by atoms with Crippen molar-refractivity contribution in [3.63, 3.8) is 0 Å². The van der Waals surface area contributed by atoms with Gasteiger partial charge >= 0.3 is 6.09 Å². The Morgan fingerprint density at radius 1 is 1.23 bits per heavy atom. The number of rotatable bonds is 7. The third-order valence-corrected chi connectivity index (χ3v) is 5.18. The molecule has 2 fully saturated rings. The van der Waals surface area contributed by atoms with Crippen molar-refractivity contribution in [2.24, 2.45) is 4.99 Å². The summed E-state index contributed by atoms with van der Waals surface area (Å²) >= 11 is 0. The van der Waals surface area contributed by atoms with Crippen LogP contribution in [0.4, 0.5) is 4.79 Å². The van der Waals surface area contributed by atoms with E-state index in [4.69, 9.17) is 4.74 Å². The second-order valence-corrected chi connectivity index (χ2v) is 9.27. The molecule has 30 heavy (non-hydrogen) atoms. The number of nitrogens with zero attached hydrogens (tertiary/aromatic N) is 4. The van der Waals surface area contributed by atoms with Crippen molar-refractivity contribution in [3.05, 3.63) is 0 Å². The molecule has 1 atom stereocenters. The van der Waals surface area contributed by atoms with Crippen LogP contribution < -0.4 is 10.6 Å². The maximum atomic E-state index is 12.3. The first kappa shape index (κ1) is 24.2. The summed E-state index contributed by atoms with van der Waals surface area (Å²) in [6, 6.07) is 0.195. The summed E-state index contributed by atoms with van der Waals surface area (Å²) in [6.45, 7) is 12.2. The smallest absolute Gasteiger partial charge is 0.410 e. The number of carbonyl (C=O) groups is 2. The topological polar surface area (TPSA) is 89.5 Å². The minimum atomic E-state index is -0.475. The average Bonchev–Trinajstić information content (AvgIpc) is 3.07. The van der Waals surface area contributed by atoms with Crippen LogP contribution in [0.3, 0.4) is 0 Å². The fraction of sp³-hybridized carbons (Fsp3) is 0.857. The van der Waals surface area contributed by atoms with Gasteiger partial charge in [-0.05, 0) is 53.5 Å². The number of likely N-dealkylation sites (tertiary alicyclic amines) is 2. The predicted molar refractivity (Wildman–Crippen MR) is 119 cm³/mol. The minimum Gasteiger partial charge on any atom is -0.444 e. The summed E-state index contributed by atoms with van der Waals surface area (Å²) in [5.41, 5.74) is -0.475. The second-order valence-electron chi connectivity index (χ2n) is 9.27. The molecule has 2 amide bonds. The van der Waals surface area contributed by atoms with E-state index in [1.807, 2.05) is 41.8 Å². The zero-order valence-corrected chi connectivity index (χ0v) is 19.5. The molecule has 2 aliphatic rings. The van der Waals surface area contributed by atoms with Crippen LogP contribution in [-0.4, -0.2) is 104 Å². The van der Waals surface area contributed by atoms with Gasteiger partial charge in [-0.25, -0.2) is 4.79 Å². The number of hydrogen-bond donors (Lipinski definition) is 2. The molecule has 0 aromatic carbocycles. The molecule has 1 unspecified atom stereocenters. The molecular formula is C21H40N6O3. The number of likely N-dealkylation sites (N-methyl/N-ethyl adjacent to an activating group) is 1. The van der Waals surface area contributed by atoms with Gasteiger partial charge in [0.05, 0.1) is 12.1 Å². The molecule has 0 aromatic rings. The molecule has 0 spiro atoms. The fourth-order valence-electron chi connectivity index (χ4n) is 3.69. The van der Waals surface area contributed by atoms with Gasteiger partial charge < -0.3 is 25.2 Å². The Morgan fingerprint density at radius 3 is 2.53 bits per heavy atom. The Balaban J connectivity index is 1.74.